The normalized spacial score (nSPS) is 14.6. The Bertz CT molecular complexity index is 1640. The number of benzene rings is 3. The largest absolute Gasteiger partial charge is 0.323 e. The maximum absolute atomic E-state index is 14.1. The van der Waals surface area contributed by atoms with Crippen molar-refractivity contribution in [3.05, 3.63) is 130 Å². The second kappa shape index (κ2) is 10.1. The number of urea groups is 1. The van der Waals surface area contributed by atoms with Crippen LogP contribution >= 0.6 is 11.6 Å². The fourth-order valence-electron chi connectivity index (χ4n) is 5.31. The molecule has 0 radical (unpaired) electrons. The third-order valence-electron chi connectivity index (χ3n) is 7.38. The van der Waals surface area contributed by atoms with E-state index < -0.39 is 0 Å². The van der Waals surface area contributed by atoms with E-state index in [4.69, 9.17) is 16.7 Å². The topological polar surface area (TPSA) is 55.1 Å². The number of hydrogen-bond donors (Lipinski definition) is 1. The van der Waals surface area contributed by atoms with Crippen LogP contribution in [0, 0.1) is 6.92 Å². The summed E-state index contributed by atoms with van der Waals surface area (Å²) in [5, 5.41) is 8.48. The zero-order valence-electron chi connectivity index (χ0n) is 22.2. The van der Waals surface area contributed by atoms with E-state index in [1.165, 1.54) is 5.56 Å². The summed E-state index contributed by atoms with van der Waals surface area (Å²) in [7, 11) is 0. The molecule has 2 amide bonds. The Hall–Kier alpha value is -4.29. The SMILES string of the molecule is Cc1nn(-c2ccccc2)c2c1CN(C(=O)Nc1ccccc1Cl)[C@@H](c1ccc(C(C)C)cc1)c1cccn1-2. The molecule has 0 aliphatic carbocycles. The summed E-state index contributed by atoms with van der Waals surface area (Å²) in [6.07, 6.45) is 2.06. The van der Waals surface area contributed by atoms with E-state index in [1.807, 2.05) is 71.1 Å². The standard InChI is InChI=1S/C32H30ClN5O/c1-21(2)23-15-17-24(18-16-23)30-29-14-9-19-36(29)31-26(22(3)35-38(31)25-10-5-4-6-11-25)20-37(30)32(39)34-28-13-8-7-12-27(28)33/h4-19,21,30H,20H2,1-3H3,(H,34,39)/t30-/m0/s1. The quantitative estimate of drug-likeness (QED) is 0.254. The molecule has 2 aromatic heterocycles. The number of aromatic nitrogens is 3. The highest BCUT2D eigenvalue weighted by Gasteiger charge is 2.36. The van der Waals surface area contributed by atoms with Gasteiger partial charge in [-0.2, -0.15) is 5.10 Å². The van der Waals surface area contributed by atoms with E-state index in [9.17, 15) is 4.79 Å². The highest BCUT2D eigenvalue weighted by molar-refractivity contribution is 6.33. The lowest BCUT2D eigenvalue weighted by molar-refractivity contribution is 0.194. The molecule has 6 rings (SSSR count). The van der Waals surface area contributed by atoms with Crippen molar-refractivity contribution in [2.24, 2.45) is 0 Å². The molecule has 0 spiro atoms. The van der Waals surface area contributed by atoms with Crippen LogP contribution in [0.4, 0.5) is 10.5 Å². The number of nitrogens with one attached hydrogen (secondary N) is 1. The lowest BCUT2D eigenvalue weighted by Gasteiger charge is -2.31. The van der Waals surface area contributed by atoms with Gasteiger partial charge in [0.25, 0.3) is 0 Å². The number of nitrogens with zero attached hydrogens (tertiary/aromatic N) is 4. The van der Waals surface area contributed by atoms with Crippen molar-refractivity contribution in [1.29, 1.82) is 0 Å². The molecule has 0 unspecified atom stereocenters. The van der Waals surface area contributed by atoms with Crippen LogP contribution < -0.4 is 5.32 Å². The number of para-hydroxylation sites is 2. The highest BCUT2D eigenvalue weighted by atomic mass is 35.5. The summed E-state index contributed by atoms with van der Waals surface area (Å²) < 4.78 is 4.15. The molecule has 196 valence electrons. The Labute approximate surface area is 233 Å². The average molecular weight is 536 g/mol. The molecule has 1 aliphatic rings. The summed E-state index contributed by atoms with van der Waals surface area (Å²) in [4.78, 5) is 16.0. The van der Waals surface area contributed by atoms with Crippen molar-refractivity contribution in [3.8, 4) is 11.5 Å². The van der Waals surface area contributed by atoms with Gasteiger partial charge in [-0.1, -0.05) is 80.0 Å². The minimum absolute atomic E-state index is 0.228. The molecule has 39 heavy (non-hydrogen) atoms. The monoisotopic (exact) mass is 535 g/mol. The number of anilines is 1. The van der Waals surface area contributed by atoms with Crippen LogP contribution in [0.1, 0.15) is 53.9 Å². The van der Waals surface area contributed by atoms with E-state index in [0.29, 0.717) is 23.2 Å². The van der Waals surface area contributed by atoms with Gasteiger partial charge >= 0.3 is 6.03 Å². The molecule has 7 heteroatoms. The van der Waals surface area contributed by atoms with Gasteiger partial charge in [-0.25, -0.2) is 9.48 Å². The first-order chi connectivity index (χ1) is 18.9. The first-order valence-electron chi connectivity index (χ1n) is 13.2. The molecule has 0 bridgehead atoms. The van der Waals surface area contributed by atoms with Gasteiger partial charge < -0.3 is 14.8 Å². The van der Waals surface area contributed by atoms with Gasteiger partial charge in [0.2, 0.25) is 0 Å². The van der Waals surface area contributed by atoms with Crippen LogP contribution in [0.25, 0.3) is 11.5 Å². The number of halogens is 1. The van der Waals surface area contributed by atoms with Gasteiger partial charge in [0.05, 0.1) is 40.4 Å². The number of amides is 2. The number of aryl methyl sites for hydroxylation is 1. The Morgan fingerprint density at radius 2 is 1.67 bits per heavy atom. The Balaban J connectivity index is 1.53. The van der Waals surface area contributed by atoms with Crippen molar-refractivity contribution in [2.75, 3.05) is 5.32 Å². The minimum atomic E-state index is -0.334. The maximum Gasteiger partial charge on any atom is 0.323 e. The van der Waals surface area contributed by atoms with Crippen LogP contribution in [0.15, 0.2) is 97.2 Å². The molecule has 3 aromatic carbocycles. The fraction of sp³-hybridized carbons (Fsp3) is 0.188. The molecular formula is C32H30ClN5O. The van der Waals surface area contributed by atoms with E-state index in [1.54, 1.807) is 6.07 Å². The molecule has 5 aromatic rings. The summed E-state index contributed by atoms with van der Waals surface area (Å²) in [6.45, 7) is 6.75. The van der Waals surface area contributed by atoms with E-state index >= 15 is 0 Å². The third kappa shape index (κ3) is 4.51. The molecular weight excluding hydrogens is 506 g/mol. The Morgan fingerprint density at radius 3 is 2.38 bits per heavy atom. The van der Waals surface area contributed by atoms with Gasteiger partial charge in [-0.05, 0) is 60.4 Å². The molecule has 0 saturated heterocycles. The van der Waals surface area contributed by atoms with Gasteiger partial charge in [0, 0.05) is 11.8 Å². The molecule has 6 nitrogen and oxygen atoms in total. The van der Waals surface area contributed by atoms with Crippen LogP contribution in [0.3, 0.4) is 0 Å². The van der Waals surface area contributed by atoms with E-state index in [2.05, 4.69) is 60.3 Å². The van der Waals surface area contributed by atoms with Crippen LogP contribution in [-0.4, -0.2) is 25.3 Å². The van der Waals surface area contributed by atoms with Crippen LogP contribution in [-0.2, 0) is 6.54 Å². The smallest absolute Gasteiger partial charge is 0.307 e. The van der Waals surface area contributed by atoms with Gasteiger partial charge in [-0.15, -0.1) is 0 Å². The predicted octanol–water partition coefficient (Wildman–Crippen LogP) is 7.89. The van der Waals surface area contributed by atoms with Gasteiger partial charge in [0.15, 0.2) is 0 Å². The number of rotatable bonds is 4. The highest BCUT2D eigenvalue weighted by Crippen LogP contribution is 2.39. The fourth-order valence-corrected chi connectivity index (χ4v) is 5.50. The molecule has 0 saturated carbocycles. The summed E-state index contributed by atoms with van der Waals surface area (Å²) in [5.74, 6) is 1.36. The maximum atomic E-state index is 14.1. The van der Waals surface area contributed by atoms with Crippen LogP contribution in [0.2, 0.25) is 5.02 Å². The van der Waals surface area contributed by atoms with Crippen molar-refractivity contribution in [3.63, 3.8) is 0 Å². The molecule has 1 aliphatic heterocycles. The van der Waals surface area contributed by atoms with Gasteiger partial charge in [0.1, 0.15) is 5.82 Å². The van der Waals surface area contributed by atoms with Crippen molar-refractivity contribution >= 4 is 23.3 Å². The lowest BCUT2D eigenvalue weighted by Crippen LogP contribution is -2.38. The Kier molecular flexibility index (Phi) is 6.49. The first-order valence-corrected chi connectivity index (χ1v) is 13.5. The lowest BCUT2D eigenvalue weighted by atomic mass is 9.97. The summed E-state index contributed by atoms with van der Waals surface area (Å²) >= 11 is 6.43. The third-order valence-corrected chi connectivity index (χ3v) is 7.71. The molecule has 1 atom stereocenters. The number of fused-ring (bicyclic) bond motifs is 3. The zero-order chi connectivity index (χ0) is 27.1. The first kappa shape index (κ1) is 25.0. The number of carbonyl (C=O) groups is 1. The van der Waals surface area contributed by atoms with Crippen molar-refractivity contribution < 1.29 is 4.79 Å². The minimum Gasteiger partial charge on any atom is -0.307 e. The van der Waals surface area contributed by atoms with E-state index in [-0.39, 0.29) is 12.1 Å². The zero-order valence-corrected chi connectivity index (χ0v) is 22.9. The predicted molar refractivity (Wildman–Crippen MR) is 156 cm³/mol. The molecule has 0 fully saturated rings. The average Bonchev–Trinajstić information content (AvgIpc) is 3.51. The summed E-state index contributed by atoms with van der Waals surface area (Å²) in [6, 6.07) is 29.6. The molecule has 3 heterocycles. The second-order valence-electron chi connectivity index (χ2n) is 10.2. The van der Waals surface area contributed by atoms with E-state index in [0.717, 1.165) is 34.0 Å². The second-order valence-corrected chi connectivity index (χ2v) is 10.6. The van der Waals surface area contributed by atoms with Gasteiger partial charge in [-0.3, -0.25) is 0 Å². The number of carbonyl (C=O) groups excluding carboxylic acids is 1. The number of hydrogen-bond acceptors (Lipinski definition) is 2. The van der Waals surface area contributed by atoms with Crippen molar-refractivity contribution in [1.82, 2.24) is 19.2 Å². The molecule has 1 N–H and O–H groups in total. The van der Waals surface area contributed by atoms with Crippen LogP contribution in [0.5, 0.6) is 0 Å². The Morgan fingerprint density at radius 1 is 0.949 bits per heavy atom. The van der Waals surface area contributed by atoms with Crippen molar-refractivity contribution in [2.45, 2.75) is 39.3 Å². The summed E-state index contributed by atoms with van der Waals surface area (Å²) in [5.41, 5.74) is 6.69.